The normalized spacial score (nSPS) is 17.5. The van der Waals surface area contributed by atoms with E-state index in [0.29, 0.717) is 17.9 Å². The van der Waals surface area contributed by atoms with Gasteiger partial charge in [-0.25, -0.2) is 8.42 Å². The molecule has 3 nitrogen and oxygen atoms in total. The highest BCUT2D eigenvalue weighted by Crippen LogP contribution is 2.38. The summed E-state index contributed by atoms with van der Waals surface area (Å²) in [6.07, 6.45) is 0.692. The molecule has 0 radical (unpaired) electrons. The number of rotatable bonds is 3. The third kappa shape index (κ3) is 3.31. The molecule has 0 bridgehead atoms. The third-order valence-corrected chi connectivity index (χ3v) is 7.26. The summed E-state index contributed by atoms with van der Waals surface area (Å²) in [5.74, 6) is 0. The Kier molecular flexibility index (Phi) is 4.62. The van der Waals surface area contributed by atoms with Gasteiger partial charge in [0.1, 0.15) is 0 Å². The molecule has 0 saturated carbocycles. The van der Waals surface area contributed by atoms with Crippen LogP contribution in [0.3, 0.4) is 0 Å². The lowest BCUT2D eigenvalue weighted by Gasteiger charge is -2.37. The van der Waals surface area contributed by atoms with E-state index >= 15 is 0 Å². The molecule has 4 heteroatoms. The van der Waals surface area contributed by atoms with E-state index in [1.54, 1.807) is 16.4 Å². The van der Waals surface area contributed by atoms with E-state index in [1.807, 2.05) is 61.5 Å². The molecule has 0 spiro atoms. The first-order valence-electron chi connectivity index (χ1n) is 9.17. The van der Waals surface area contributed by atoms with Crippen molar-refractivity contribution in [3.05, 3.63) is 101 Å². The van der Waals surface area contributed by atoms with E-state index < -0.39 is 10.0 Å². The van der Waals surface area contributed by atoms with Gasteiger partial charge in [-0.3, -0.25) is 0 Å². The van der Waals surface area contributed by atoms with Gasteiger partial charge in [0.2, 0.25) is 10.0 Å². The highest BCUT2D eigenvalue weighted by molar-refractivity contribution is 7.89. The number of nitrogens with zero attached hydrogens (tertiary/aromatic N) is 1. The van der Waals surface area contributed by atoms with Crippen LogP contribution in [0.25, 0.3) is 0 Å². The summed E-state index contributed by atoms with van der Waals surface area (Å²) in [4.78, 5) is 0.352. The Morgan fingerprint density at radius 3 is 2.26 bits per heavy atom. The highest BCUT2D eigenvalue weighted by Gasteiger charge is 2.36. The van der Waals surface area contributed by atoms with Gasteiger partial charge < -0.3 is 0 Å². The van der Waals surface area contributed by atoms with Crippen LogP contribution in [0, 0.1) is 13.8 Å². The van der Waals surface area contributed by atoms with Crippen LogP contribution in [0.5, 0.6) is 0 Å². The predicted molar refractivity (Wildman–Crippen MR) is 108 cm³/mol. The van der Waals surface area contributed by atoms with Crippen molar-refractivity contribution in [1.29, 1.82) is 0 Å². The zero-order valence-electron chi connectivity index (χ0n) is 15.6. The molecule has 3 aromatic rings. The Morgan fingerprint density at radius 2 is 1.56 bits per heavy atom. The maximum Gasteiger partial charge on any atom is 0.243 e. The second-order valence-corrected chi connectivity index (χ2v) is 9.10. The molecule has 4 rings (SSSR count). The Balaban J connectivity index is 1.84. The lowest BCUT2D eigenvalue weighted by Crippen LogP contribution is -2.39. The molecule has 0 saturated heterocycles. The SMILES string of the molecule is Cc1ccc(S(=O)(=O)N2Cc3cccc(C)c3CC2c2ccccc2)cc1. The van der Waals surface area contributed by atoms with Crippen molar-refractivity contribution < 1.29 is 8.42 Å². The van der Waals surface area contributed by atoms with Crippen molar-refractivity contribution in [2.75, 3.05) is 0 Å². The maximum absolute atomic E-state index is 13.5. The van der Waals surface area contributed by atoms with Gasteiger partial charge in [-0.05, 0) is 54.7 Å². The Morgan fingerprint density at radius 1 is 0.852 bits per heavy atom. The molecular weight excluding hydrogens is 354 g/mol. The smallest absolute Gasteiger partial charge is 0.207 e. The van der Waals surface area contributed by atoms with Gasteiger partial charge in [-0.2, -0.15) is 4.31 Å². The summed E-state index contributed by atoms with van der Waals surface area (Å²) in [6, 6.07) is 23.0. The summed E-state index contributed by atoms with van der Waals surface area (Å²) >= 11 is 0. The standard InChI is InChI=1S/C23H23NO2S/c1-17-11-13-21(14-12-17)27(25,26)24-16-20-10-6-7-18(2)22(20)15-23(24)19-8-4-3-5-9-19/h3-14,23H,15-16H2,1-2H3. The van der Waals surface area contributed by atoms with Crippen molar-refractivity contribution in [1.82, 2.24) is 4.31 Å². The van der Waals surface area contributed by atoms with Crippen molar-refractivity contribution in [2.45, 2.75) is 37.8 Å². The summed E-state index contributed by atoms with van der Waals surface area (Å²) in [5, 5.41) is 0. The van der Waals surface area contributed by atoms with Gasteiger partial charge >= 0.3 is 0 Å². The minimum atomic E-state index is -3.60. The van der Waals surface area contributed by atoms with Gasteiger partial charge in [0.05, 0.1) is 10.9 Å². The van der Waals surface area contributed by atoms with Crippen molar-refractivity contribution in [3.63, 3.8) is 0 Å². The fourth-order valence-electron chi connectivity index (χ4n) is 3.83. The van der Waals surface area contributed by atoms with E-state index in [2.05, 4.69) is 13.0 Å². The zero-order chi connectivity index (χ0) is 19.0. The van der Waals surface area contributed by atoms with E-state index in [9.17, 15) is 8.42 Å². The number of hydrogen-bond acceptors (Lipinski definition) is 2. The van der Waals surface area contributed by atoms with Crippen LogP contribution in [0.1, 0.15) is 33.9 Å². The number of fused-ring (bicyclic) bond motifs is 1. The lowest BCUT2D eigenvalue weighted by molar-refractivity contribution is 0.296. The first-order chi connectivity index (χ1) is 13.0. The summed E-state index contributed by atoms with van der Waals surface area (Å²) in [7, 11) is -3.60. The third-order valence-electron chi connectivity index (χ3n) is 5.39. The Labute approximate surface area is 161 Å². The van der Waals surface area contributed by atoms with Crippen LogP contribution >= 0.6 is 0 Å². The molecule has 1 heterocycles. The molecule has 1 atom stereocenters. The van der Waals surface area contributed by atoms with Gasteiger partial charge in [-0.1, -0.05) is 66.2 Å². The van der Waals surface area contributed by atoms with Crippen LogP contribution in [0.2, 0.25) is 0 Å². The van der Waals surface area contributed by atoms with Crippen molar-refractivity contribution in [2.24, 2.45) is 0 Å². The minimum absolute atomic E-state index is 0.203. The largest absolute Gasteiger partial charge is 0.243 e. The molecule has 1 unspecified atom stereocenters. The van der Waals surface area contributed by atoms with Crippen LogP contribution in [-0.2, 0) is 23.0 Å². The average molecular weight is 378 g/mol. The molecule has 1 aliphatic rings. The molecule has 0 N–H and O–H groups in total. The molecule has 27 heavy (non-hydrogen) atoms. The highest BCUT2D eigenvalue weighted by atomic mass is 32.2. The van der Waals surface area contributed by atoms with Gasteiger partial charge in [0.25, 0.3) is 0 Å². The van der Waals surface area contributed by atoms with E-state index in [1.165, 1.54) is 11.1 Å². The fraction of sp³-hybridized carbons (Fsp3) is 0.217. The van der Waals surface area contributed by atoms with Crippen LogP contribution in [0.4, 0.5) is 0 Å². The predicted octanol–water partition coefficient (Wildman–Crippen LogP) is 4.79. The number of sulfonamides is 1. The quantitative estimate of drug-likeness (QED) is 0.658. The second-order valence-electron chi connectivity index (χ2n) is 7.21. The molecule has 138 valence electrons. The molecule has 0 aromatic heterocycles. The topological polar surface area (TPSA) is 37.4 Å². The van der Waals surface area contributed by atoms with Crippen LogP contribution < -0.4 is 0 Å². The van der Waals surface area contributed by atoms with Gasteiger partial charge in [0, 0.05) is 6.54 Å². The van der Waals surface area contributed by atoms with Crippen molar-refractivity contribution in [3.8, 4) is 0 Å². The number of benzene rings is 3. The van der Waals surface area contributed by atoms with E-state index in [-0.39, 0.29) is 6.04 Å². The summed E-state index contributed by atoms with van der Waals surface area (Å²) < 4.78 is 28.7. The Bertz CT molecular complexity index is 1060. The monoisotopic (exact) mass is 377 g/mol. The van der Waals surface area contributed by atoms with Gasteiger partial charge in [-0.15, -0.1) is 0 Å². The molecule has 0 aliphatic carbocycles. The molecule has 0 amide bonds. The van der Waals surface area contributed by atoms with Crippen LogP contribution in [0.15, 0.2) is 77.7 Å². The summed E-state index contributed by atoms with van der Waals surface area (Å²) in [6.45, 7) is 4.46. The van der Waals surface area contributed by atoms with E-state index in [0.717, 1.165) is 16.7 Å². The van der Waals surface area contributed by atoms with Crippen molar-refractivity contribution >= 4 is 10.0 Å². The molecule has 0 fully saturated rings. The fourth-order valence-corrected chi connectivity index (χ4v) is 5.43. The minimum Gasteiger partial charge on any atom is -0.207 e. The molecular formula is C23H23NO2S. The van der Waals surface area contributed by atoms with E-state index in [4.69, 9.17) is 0 Å². The Hall–Kier alpha value is -2.43. The second kappa shape index (κ2) is 6.95. The first-order valence-corrected chi connectivity index (χ1v) is 10.6. The van der Waals surface area contributed by atoms with Gasteiger partial charge in [0.15, 0.2) is 0 Å². The molecule has 3 aromatic carbocycles. The molecule has 1 aliphatic heterocycles. The zero-order valence-corrected chi connectivity index (χ0v) is 16.4. The first kappa shape index (κ1) is 18.0. The number of hydrogen-bond donors (Lipinski definition) is 0. The summed E-state index contributed by atoms with van der Waals surface area (Å²) in [5.41, 5.74) is 5.66. The number of aryl methyl sites for hydroxylation is 2. The average Bonchev–Trinajstić information content (AvgIpc) is 2.68. The maximum atomic E-state index is 13.5. The van der Waals surface area contributed by atoms with Crippen LogP contribution in [-0.4, -0.2) is 12.7 Å². The lowest BCUT2D eigenvalue weighted by atomic mass is 9.89.